The molecule has 1 fully saturated rings. The summed E-state index contributed by atoms with van der Waals surface area (Å²) in [6.07, 6.45) is 2.22. The Hall–Kier alpha value is -1.91. The number of pyridine rings is 1. The maximum Gasteiger partial charge on any atom is 0.264 e. The van der Waals surface area contributed by atoms with Crippen LogP contribution in [-0.4, -0.2) is 35.0 Å². The van der Waals surface area contributed by atoms with Crippen molar-refractivity contribution < 1.29 is 9.53 Å². The third-order valence-electron chi connectivity index (χ3n) is 3.36. The van der Waals surface area contributed by atoms with Crippen molar-refractivity contribution in [2.45, 2.75) is 12.5 Å². The molecule has 1 saturated heterocycles. The highest BCUT2D eigenvalue weighted by atomic mass is 79.9. The lowest BCUT2D eigenvalue weighted by Gasteiger charge is -2.16. The van der Waals surface area contributed by atoms with Crippen molar-refractivity contribution in [3.63, 3.8) is 0 Å². The van der Waals surface area contributed by atoms with Gasteiger partial charge in [0.25, 0.3) is 5.91 Å². The zero-order valence-electron chi connectivity index (χ0n) is 11.5. The highest BCUT2D eigenvalue weighted by Crippen LogP contribution is 2.24. The van der Waals surface area contributed by atoms with Gasteiger partial charge in [-0.15, -0.1) is 11.3 Å². The van der Waals surface area contributed by atoms with Crippen LogP contribution >= 0.6 is 27.3 Å². The number of nitrogens with zero attached hydrogens (tertiary/aromatic N) is 3. The second-order valence-corrected chi connectivity index (χ2v) is 6.73. The maximum absolute atomic E-state index is 12.4. The number of halogens is 1. The zero-order chi connectivity index (χ0) is 15.5. The molecule has 0 spiro atoms. The molecule has 3 heterocycles. The Labute approximate surface area is 140 Å². The number of hydrogen-bond acceptors (Lipinski definition) is 5. The van der Waals surface area contributed by atoms with Gasteiger partial charge in [-0.1, -0.05) is 0 Å². The lowest BCUT2D eigenvalue weighted by molar-refractivity contribution is 0.0776. The molecule has 0 bridgehead atoms. The van der Waals surface area contributed by atoms with Crippen molar-refractivity contribution in [1.82, 2.24) is 9.88 Å². The van der Waals surface area contributed by atoms with Crippen LogP contribution < -0.4 is 4.74 Å². The van der Waals surface area contributed by atoms with E-state index in [1.54, 1.807) is 23.2 Å². The van der Waals surface area contributed by atoms with E-state index < -0.39 is 0 Å². The molecule has 3 rings (SSSR count). The van der Waals surface area contributed by atoms with E-state index in [4.69, 9.17) is 10.00 Å². The topological polar surface area (TPSA) is 66.2 Å². The number of thiophene rings is 1. The van der Waals surface area contributed by atoms with Crippen LogP contribution in [-0.2, 0) is 0 Å². The molecule has 1 amide bonds. The summed E-state index contributed by atoms with van der Waals surface area (Å²) in [5.74, 6) is 0.456. The molecule has 2 aromatic heterocycles. The highest BCUT2D eigenvalue weighted by Gasteiger charge is 2.29. The largest absolute Gasteiger partial charge is 0.472 e. The molecule has 0 N–H and O–H groups in total. The molecule has 5 nitrogen and oxygen atoms in total. The van der Waals surface area contributed by atoms with E-state index in [-0.39, 0.29) is 12.0 Å². The lowest BCUT2D eigenvalue weighted by atomic mass is 10.3. The fourth-order valence-corrected chi connectivity index (χ4v) is 3.70. The van der Waals surface area contributed by atoms with Crippen molar-refractivity contribution in [2.75, 3.05) is 13.1 Å². The molecule has 1 aliphatic heterocycles. The van der Waals surface area contributed by atoms with Gasteiger partial charge >= 0.3 is 0 Å². The van der Waals surface area contributed by atoms with Gasteiger partial charge in [-0.25, -0.2) is 4.98 Å². The second kappa shape index (κ2) is 6.46. The number of nitriles is 1. The number of carbonyl (C=O) groups is 1. The number of carbonyl (C=O) groups excluding carboxylic acids is 1. The molecule has 0 saturated carbocycles. The Morgan fingerprint density at radius 2 is 2.41 bits per heavy atom. The molecule has 0 radical (unpaired) electrons. The van der Waals surface area contributed by atoms with Crippen molar-refractivity contribution in [3.8, 4) is 11.9 Å². The number of rotatable bonds is 3. The van der Waals surface area contributed by atoms with Crippen LogP contribution in [0.3, 0.4) is 0 Å². The van der Waals surface area contributed by atoms with Gasteiger partial charge in [-0.05, 0) is 28.1 Å². The summed E-state index contributed by atoms with van der Waals surface area (Å²) in [6.45, 7) is 1.20. The fourth-order valence-electron chi connectivity index (χ4n) is 2.30. The van der Waals surface area contributed by atoms with E-state index in [1.807, 2.05) is 11.4 Å². The van der Waals surface area contributed by atoms with Gasteiger partial charge < -0.3 is 9.64 Å². The SMILES string of the molecule is N#Cc1ccnc(OC2CCN(C(=O)c3cc(Br)cs3)C2)c1. The monoisotopic (exact) mass is 377 g/mol. The summed E-state index contributed by atoms with van der Waals surface area (Å²) in [6, 6.07) is 7.13. The normalized spacial score (nSPS) is 17.3. The van der Waals surface area contributed by atoms with Gasteiger partial charge in [-0.2, -0.15) is 5.26 Å². The first-order chi connectivity index (χ1) is 10.7. The summed E-state index contributed by atoms with van der Waals surface area (Å²) in [7, 11) is 0. The van der Waals surface area contributed by atoms with Crippen LogP contribution in [0.2, 0.25) is 0 Å². The summed E-state index contributed by atoms with van der Waals surface area (Å²) in [5.41, 5.74) is 0.513. The fraction of sp³-hybridized carbons (Fsp3) is 0.267. The summed E-state index contributed by atoms with van der Waals surface area (Å²) >= 11 is 4.79. The number of hydrogen-bond donors (Lipinski definition) is 0. The van der Waals surface area contributed by atoms with E-state index in [9.17, 15) is 4.79 Å². The van der Waals surface area contributed by atoms with Gasteiger partial charge in [0.15, 0.2) is 0 Å². The van der Waals surface area contributed by atoms with Gasteiger partial charge in [-0.3, -0.25) is 4.79 Å². The molecule has 0 aromatic carbocycles. The average Bonchev–Trinajstić information content (AvgIpc) is 3.16. The Kier molecular flexibility index (Phi) is 4.41. The minimum atomic E-state index is -0.0891. The number of amides is 1. The number of ether oxygens (including phenoxy) is 1. The number of aromatic nitrogens is 1. The van der Waals surface area contributed by atoms with Crippen molar-refractivity contribution >= 4 is 33.2 Å². The van der Waals surface area contributed by atoms with Crippen LogP contribution in [0.1, 0.15) is 21.7 Å². The highest BCUT2D eigenvalue weighted by molar-refractivity contribution is 9.10. The quantitative estimate of drug-likeness (QED) is 0.824. The summed E-state index contributed by atoms with van der Waals surface area (Å²) in [5, 5.41) is 10.8. The summed E-state index contributed by atoms with van der Waals surface area (Å²) < 4.78 is 6.70. The minimum absolute atomic E-state index is 0.0283. The molecule has 0 aliphatic carbocycles. The smallest absolute Gasteiger partial charge is 0.264 e. The van der Waals surface area contributed by atoms with Crippen LogP contribution in [0, 0.1) is 11.3 Å². The molecule has 1 atom stereocenters. The maximum atomic E-state index is 12.4. The molecule has 22 heavy (non-hydrogen) atoms. The minimum Gasteiger partial charge on any atom is -0.472 e. The van der Waals surface area contributed by atoms with Crippen LogP contribution in [0.4, 0.5) is 0 Å². The molecule has 7 heteroatoms. The molecular weight excluding hydrogens is 366 g/mol. The standard InChI is InChI=1S/C15H12BrN3O2S/c16-11-6-13(22-9-11)15(20)19-4-2-12(8-19)21-14-5-10(7-17)1-3-18-14/h1,3,5-6,9,12H,2,4,8H2. The van der Waals surface area contributed by atoms with E-state index in [1.165, 1.54) is 11.3 Å². The molecule has 112 valence electrons. The van der Waals surface area contributed by atoms with Gasteiger partial charge in [0, 0.05) is 35.1 Å². The van der Waals surface area contributed by atoms with E-state index in [0.717, 1.165) is 15.8 Å². The third-order valence-corrected chi connectivity index (χ3v) is 5.04. The zero-order valence-corrected chi connectivity index (χ0v) is 13.9. The average molecular weight is 378 g/mol. The summed E-state index contributed by atoms with van der Waals surface area (Å²) in [4.78, 5) is 19.0. The predicted octanol–water partition coefficient (Wildman–Crippen LogP) is 3.07. The number of likely N-dealkylation sites (tertiary alicyclic amines) is 1. The Bertz CT molecular complexity index is 740. The van der Waals surface area contributed by atoms with Gasteiger partial charge in [0.2, 0.25) is 5.88 Å². The molecule has 1 aliphatic rings. The Balaban J connectivity index is 1.62. The second-order valence-electron chi connectivity index (χ2n) is 4.90. The first kappa shape index (κ1) is 15.0. The van der Waals surface area contributed by atoms with Gasteiger partial charge in [0.1, 0.15) is 6.10 Å². The van der Waals surface area contributed by atoms with Crippen LogP contribution in [0.15, 0.2) is 34.2 Å². The predicted molar refractivity (Wildman–Crippen MR) is 85.9 cm³/mol. The molecule has 1 unspecified atom stereocenters. The Morgan fingerprint density at radius 1 is 1.55 bits per heavy atom. The van der Waals surface area contributed by atoms with E-state index in [2.05, 4.69) is 27.0 Å². The van der Waals surface area contributed by atoms with E-state index >= 15 is 0 Å². The van der Waals surface area contributed by atoms with E-state index in [0.29, 0.717) is 24.5 Å². The van der Waals surface area contributed by atoms with Crippen molar-refractivity contribution in [2.24, 2.45) is 0 Å². The molecular formula is C15H12BrN3O2S. The third kappa shape index (κ3) is 3.29. The van der Waals surface area contributed by atoms with Crippen LogP contribution in [0.5, 0.6) is 5.88 Å². The van der Waals surface area contributed by atoms with Crippen molar-refractivity contribution in [3.05, 3.63) is 44.7 Å². The van der Waals surface area contributed by atoms with Gasteiger partial charge in [0.05, 0.1) is 23.1 Å². The van der Waals surface area contributed by atoms with Crippen molar-refractivity contribution in [1.29, 1.82) is 5.26 Å². The Morgan fingerprint density at radius 3 is 3.14 bits per heavy atom. The first-order valence-electron chi connectivity index (χ1n) is 6.72. The van der Waals surface area contributed by atoms with Crippen LogP contribution in [0.25, 0.3) is 0 Å². The first-order valence-corrected chi connectivity index (χ1v) is 8.39. The lowest BCUT2D eigenvalue weighted by Crippen LogP contribution is -2.30. The molecule has 2 aromatic rings.